The van der Waals surface area contributed by atoms with Gasteiger partial charge in [0.1, 0.15) is 18.1 Å². The predicted octanol–water partition coefficient (Wildman–Crippen LogP) is -0.802. The van der Waals surface area contributed by atoms with E-state index in [0.29, 0.717) is 18.6 Å². The van der Waals surface area contributed by atoms with E-state index in [4.69, 9.17) is 32.5 Å². The predicted molar refractivity (Wildman–Crippen MR) is 102 cm³/mol. The van der Waals surface area contributed by atoms with Crippen LogP contribution in [0.4, 0.5) is 0 Å². The van der Waals surface area contributed by atoms with Gasteiger partial charge in [0.25, 0.3) is 0 Å². The Hall–Kier alpha value is -0.660. The highest BCUT2D eigenvalue weighted by Gasteiger charge is 2.09. The first-order valence-electron chi connectivity index (χ1n) is 6.70. The molecular formula is C12H27N3O6S3. The molecule has 0 fully saturated rings. The van der Waals surface area contributed by atoms with Crippen molar-refractivity contribution in [3.8, 4) is 0 Å². The number of carbonyl (C=O) groups is 3. The van der Waals surface area contributed by atoms with Crippen molar-refractivity contribution in [3.05, 3.63) is 0 Å². The fourth-order valence-electron chi connectivity index (χ4n) is 0.709. The van der Waals surface area contributed by atoms with Gasteiger partial charge < -0.3 is 32.5 Å². The van der Waals surface area contributed by atoms with Gasteiger partial charge in [0.15, 0.2) is 0 Å². The number of hydrogen-bond acceptors (Lipinski definition) is 9. The maximum atomic E-state index is 10.1. The molecule has 9 N–H and O–H groups in total. The molecule has 0 aromatic heterocycles. The van der Waals surface area contributed by atoms with E-state index < -0.39 is 36.0 Å². The maximum Gasteiger partial charge on any atom is 0.321 e. The first-order chi connectivity index (χ1) is 11.0. The number of rotatable bonds is 9. The van der Waals surface area contributed by atoms with Crippen LogP contribution in [-0.4, -0.2) is 74.9 Å². The van der Waals surface area contributed by atoms with Crippen LogP contribution in [0, 0.1) is 0 Å². The van der Waals surface area contributed by atoms with Crippen LogP contribution < -0.4 is 17.2 Å². The van der Waals surface area contributed by atoms with Gasteiger partial charge >= 0.3 is 17.9 Å². The highest BCUT2D eigenvalue weighted by Crippen LogP contribution is 1.97. The van der Waals surface area contributed by atoms with E-state index in [1.54, 1.807) is 11.8 Å². The summed E-state index contributed by atoms with van der Waals surface area (Å²) in [6.45, 7) is 0. The Labute approximate surface area is 156 Å². The largest absolute Gasteiger partial charge is 0.480 e. The third-order valence-electron chi connectivity index (χ3n) is 2.22. The first-order valence-corrected chi connectivity index (χ1v) is 9.36. The second-order valence-electron chi connectivity index (χ2n) is 4.31. The second-order valence-corrected chi connectivity index (χ2v) is 6.11. The van der Waals surface area contributed by atoms with E-state index >= 15 is 0 Å². The molecule has 0 aliphatic carbocycles. The minimum atomic E-state index is -1.00. The van der Waals surface area contributed by atoms with Crippen molar-refractivity contribution in [2.45, 2.75) is 31.0 Å². The molecule has 0 unspecified atom stereocenters. The highest BCUT2D eigenvalue weighted by molar-refractivity contribution is 7.98. The van der Waals surface area contributed by atoms with Gasteiger partial charge in [0.05, 0.1) is 0 Å². The molecule has 144 valence electrons. The summed E-state index contributed by atoms with van der Waals surface area (Å²) < 4.78 is 0. The first kappa shape index (κ1) is 28.2. The Bertz CT molecular complexity index is 363. The molecule has 0 spiro atoms. The zero-order valence-electron chi connectivity index (χ0n) is 13.4. The van der Waals surface area contributed by atoms with Crippen LogP contribution in [0.15, 0.2) is 0 Å². The summed E-state index contributed by atoms with van der Waals surface area (Å²) in [5.41, 5.74) is 15.2. The molecule has 12 heteroatoms. The molecule has 0 aliphatic heterocycles. The topological polar surface area (TPSA) is 190 Å². The molecular weight excluding hydrogens is 378 g/mol. The van der Waals surface area contributed by atoms with Crippen LogP contribution in [0.3, 0.4) is 0 Å². The molecule has 0 radical (unpaired) electrons. The van der Waals surface area contributed by atoms with E-state index in [-0.39, 0.29) is 5.75 Å². The summed E-state index contributed by atoms with van der Waals surface area (Å²) in [5, 5.41) is 24.4. The lowest BCUT2D eigenvalue weighted by molar-refractivity contribution is -0.139. The molecule has 0 heterocycles. The zero-order valence-corrected chi connectivity index (χ0v) is 16.0. The molecule has 0 saturated heterocycles. The lowest BCUT2D eigenvalue weighted by Gasteiger charge is -2.02. The Balaban J connectivity index is -0.000000278. The van der Waals surface area contributed by atoms with Crippen molar-refractivity contribution in [2.75, 3.05) is 23.5 Å². The van der Waals surface area contributed by atoms with Gasteiger partial charge in [0, 0.05) is 5.75 Å². The van der Waals surface area contributed by atoms with E-state index in [0.717, 1.165) is 5.75 Å². The normalized spacial score (nSPS) is 13.2. The van der Waals surface area contributed by atoms with E-state index in [1.165, 1.54) is 0 Å². The number of hydrogen-bond donors (Lipinski definition) is 8. The van der Waals surface area contributed by atoms with Gasteiger partial charge in [-0.3, -0.25) is 14.4 Å². The van der Waals surface area contributed by atoms with Gasteiger partial charge in [-0.25, -0.2) is 0 Å². The van der Waals surface area contributed by atoms with Gasteiger partial charge in [0.2, 0.25) is 0 Å². The Morgan fingerprint density at radius 3 is 1.42 bits per heavy atom. The van der Waals surface area contributed by atoms with Crippen molar-refractivity contribution in [1.29, 1.82) is 0 Å². The summed E-state index contributed by atoms with van der Waals surface area (Å²) >= 11 is 9.06. The average Bonchev–Trinajstić information content (AvgIpc) is 2.52. The van der Waals surface area contributed by atoms with Crippen molar-refractivity contribution < 1.29 is 29.7 Å². The molecule has 0 aliphatic rings. The van der Waals surface area contributed by atoms with Crippen LogP contribution in [-0.2, 0) is 14.4 Å². The van der Waals surface area contributed by atoms with Gasteiger partial charge in [-0.05, 0) is 30.6 Å². The lowest BCUT2D eigenvalue weighted by atomic mass is 10.2. The van der Waals surface area contributed by atoms with Crippen molar-refractivity contribution in [2.24, 2.45) is 17.2 Å². The van der Waals surface area contributed by atoms with E-state index in [1.807, 2.05) is 6.26 Å². The van der Waals surface area contributed by atoms with Gasteiger partial charge in [-0.2, -0.15) is 37.0 Å². The van der Waals surface area contributed by atoms with Crippen LogP contribution >= 0.6 is 37.0 Å². The molecule has 24 heavy (non-hydrogen) atoms. The minimum absolute atomic E-state index is 0.190. The fourth-order valence-corrected chi connectivity index (χ4v) is 1.63. The molecule has 0 rings (SSSR count). The number of thioether (sulfide) groups is 1. The van der Waals surface area contributed by atoms with Gasteiger partial charge in [-0.15, -0.1) is 0 Å². The Morgan fingerprint density at radius 2 is 1.25 bits per heavy atom. The number of aliphatic carboxylic acids is 3. The lowest BCUT2D eigenvalue weighted by Crippen LogP contribution is -2.31. The quantitative estimate of drug-likeness (QED) is 0.225. The second kappa shape index (κ2) is 18.7. The van der Waals surface area contributed by atoms with Crippen LogP contribution in [0.1, 0.15) is 12.8 Å². The molecule has 0 amide bonds. The number of carboxylic acid groups (broad SMARTS) is 3. The third kappa shape index (κ3) is 21.3. The summed E-state index contributed by atoms with van der Waals surface area (Å²) in [4.78, 5) is 29.8. The van der Waals surface area contributed by atoms with Crippen molar-refractivity contribution >= 4 is 54.9 Å². The maximum absolute atomic E-state index is 10.1. The highest BCUT2D eigenvalue weighted by atomic mass is 32.2. The molecule has 0 aromatic rings. The van der Waals surface area contributed by atoms with E-state index in [2.05, 4.69) is 25.3 Å². The third-order valence-corrected chi connectivity index (χ3v) is 3.52. The summed E-state index contributed by atoms with van der Waals surface area (Å²) in [5.74, 6) is -1.35. The zero-order chi connectivity index (χ0) is 19.7. The molecule has 0 bridgehead atoms. The molecule has 0 saturated carbocycles. The number of thiol groups is 2. The minimum Gasteiger partial charge on any atom is -0.480 e. The van der Waals surface area contributed by atoms with Crippen LogP contribution in [0.5, 0.6) is 0 Å². The fraction of sp³-hybridized carbons (Fsp3) is 0.750. The molecule has 3 atom stereocenters. The smallest absolute Gasteiger partial charge is 0.321 e. The van der Waals surface area contributed by atoms with Crippen molar-refractivity contribution in [1.82, 2.24) is 0 Å². The summed E-state index contributed by atoms with van der Waals surface area (Å²) in [6, 6.07) is -2.24. The summed E-state index contributed by atoms with van der Waals surface area (Å²) in [6.07, 6.45) is 2.91. The average molecular weight is 406 g/mol. The number of nitrogens with two attached hydrogens (primary N) is 3. The Kier molecular flexibility index (Phi) is 21.9. The molecule has 9 nitrogen and oxygen atoms in total. The number of carboxylic acids is 3. The standard InChI is InChI=1S/C5H11NO2S.C4H9NO2S.C3H7NO2S/c1-9-3-2-4(6)5(7)8;5-3(1-2-8)4(6)7;4-2(1-7)3(5)6/h4H,2-3,6H2,1H3,(H,7,8);3,8H,1-2,5H2,(H,6,7);2,7H,1,4H2,(H,5,6)/t4-;3-;2-/m000/s1. The van der Waals surface area contributed by atoms with Crippen LogP contribution in [0.2, 0.25) is 0 Å². The SMILES string of the molecule is CSCC[C@H](N)C(=O)O.N[C@@H](CCS)C(=O)O.N[C@@H](CS)C(=O)O. The monoisotopic (exact) mass is 405 g/mol. The Morgan fingerprint density at radius 1 is 0.875 bits per heavy atom. The van der Waals surface area contributed by atoms with Crippen LogP contribution in [0.25, 0.3) is 0 Å². The molecule has 0 aromatic carbocycles. The summed E-state index contributed by atoms with van der Waals surface area (Å²) in [7, 11) is 0. The van der Waals surface area contributed by atoms with E-state index in [9.17, 15) is 14.4 Å². The van der Waals surface area contributed by atoms with Crippen molar-refractivity contribution in [3.63, 3.8) is 0 Å². The van der Waals surface area contributed by atoms with Gasteiger partial charge in [-0.1, -0.05) is 0 Å².